The van der Waals surface area contributed by atoms with E-state index >= 15 is 0 Å². The highest BCUT2D eigenvalue weighted by Gasteiger charge is 2.59. The van der Waals surface area contributed by atoms with Crippen LogP contribution < -0.4 is 10.6 Å². The number of carboxylic acids is 2. The van der Waals surface area contributed by atoms with E-state index in [4.69, 9.17) is 37.7 Å². The van der Waals surface area contributed by atoms with Crippen molar-refractivity contribution in [2.75, 3.05) is 13.2 Å². The first-order valence-electron chi connectivity index (χ1n) is 18.7. The van der Waals surface area contributed by atoms with Crippen molar-refractivity contribution in [3.05, 3.63) is 0 Å². The van der Waals surface area contributed by atoms with E-state index in [0.717, 1.165) is 13.8 Å². The standard InChI is InChI=1S/C28H44N2O35S4/c1-5(31)29-9-18(16(64-68(49,50)51)7(57-25(9)42)3-55-66(43,44)45)59-28-15(37)13(35)20(22(63-28)24(40)41)61-26-10(30-6(2)32)19(60-27-14(36)11(33)12(34)21(62-27)23(38)39)17(65-69(52,53)54)8(58-26)4-56-67(46,47)48/h7-22,25-28,33-37,42H,3-4H2,1-2H3,(H,29,31)(H,30,32)(H,38,39)(H,40,41)(H,43,44,45)(H,46,47,48)(H,49,50,51)(H,52,53,54). The van der Waals surface area contributed by atoms with Gasteiger partial charge in [0.1, 0.15) is 85.3 Å². The Labute approximate surface area is 386 Å². The molecule has 0 aromatic heterocycles. The molecule has 4 aliphatic heterocycles. The number of rotatable bonds is 20. The summed E-state index contributed by atoms with van der Waals surface area (Å²) in [6.45, 7) is -1.60. The Morgan fingerprint density at radius 1 is 0.464 bits per heavy atom. The van der Waals surface area contributed by atoms with Gasteiger partial charge in [0.05, 0.1) is 13.2 Å². The maximum absolute atomic E-state index is 12.8. The van der Waals surface area contributed by atoms with E-state index in [-0.39, 0.29) is 0 Å². The normalized spacial score (nSPS) is 39.2. The fraction of sp³-hybridized carbons (Fsp3) is 0.857. The van der Waals surface area contributed by atoms with Crippen molar-refractivity contribution in [2.45, 2.75) is 137 Å². The van der Waals surface area contributed by atoms with E-state index in [0.29, 0.717) is 0 Å². The topological polar surface area (TPSA) is 573 Å². The molecule has 4 fully saturated rings. The number of ether oxygens (including phenoxy) is 7. The monoisotopic (exact) mass is 1100 g/mol. The second-order valence-corrected chi connectivity index (χ2v) is 19.0. The molecule has 0 spiro atoms. The average molecular weight is 1100 g/mol. The van der Waals surface area contributed by atoms with Crippen LogP contribution in [0.2, 0.25) is 0 Å². The number of carboxylic acid groups (broad SMARTS) is 2. The van der Waals surface area contributed by atoms with Gasteiger partial charge >= 0.3 is 53.5 Å². The molecule has 2 amide bonds. The van der Waals surface area contributed by atoms with Crippen LogP contribution >= 0.6 is 0 Å². The number of carbonyl (C=O) groups excluding carboxylic acids is 2. The predicted octanol–water partition coefficient (Wildman–Crippen LogP) is -9.97. The molecule has 4 aliphatic rings. The van der Waals surface area contributed by atoms with E-state index in [2.05, 4.69) is 16.7 Å². The molecule has 14 N–H and O–H groups in total. The molecule has 0 aliphatic carbocycles. The number of aliphatic hydroxyl groups is 6. The maximum atomic E-state index is 12.8. The summed E-state index contributed by atoms with van der Waals surface area (Å²) in [7, 11) is -22.5. The molecular formula is C28H44N2O35S4. The molecule has 4 rings (SSSR count). The number of hydrogen-bond acceptors (Lipinski definition) is 29. The molecular weight excluding hydrogens is 1050 g/mol. The van der Waals surface area contributed by atoms with Crippen LogP contribution in [0.5, 0.6) is 0 Å². The molecule has 20 atom stereocenters. The number of amides is 2. The quantitative estimate of drug-likeness (QED) is 0.0504. The predicted molar refractivity (Wildman–Crippen MR) is 200 cm³/mol. The van der Waals surface area contributed by atoms with Gasteiger partial charge in [-0.3, -0.25) is 27.8 Å². The summed E-state index contributed by atoms with van der Waals surface area (Å²) in [6, 6.07) is -4.50. The Morgan fingerprint density at radius 3 is 1.28 bits per heavy atom. The highest BCUT2D eigenvalue weighted by molar-refractivity contribution is 7.81. The Morgan fingerprint density at radius 2 is 0.855 bits per heavy atom. The van der Waals surface area contributed by atoms with Gasteiger partial charge in [0.25, 0.3) is 0 Å². The number of hydrogen-bond donors (Lipinski definition) is 14. The number of nitrogens with one attached hydrogen (secondary N) is 2. The van der Waals surface area contributed by atoms with Crippen molar-refractivity contribution in [3.63, 3.8) is 0 Å². The summed E-state index contributed by atoms with van der Waals surface area (Å²) in [5.74, 6) is -6.52. The second-order valence-electron chi connectivity index (χ2n) is 14.7. The van der Waals surface area contributed by atoms with Gasteiger partial charge in [-0.1, -0.05) is 0 Å². The molecule has 4 saturated heterocycles. The first-order chi connectivity index (χ1) is 31.5. The van der Waals surface area contributed by atoms with Crippen molar-refractivity contribution in [1.29, 1.82) is 0 Å². The SMILES string of the molecule is CC(=O)NC1C(O)OC(COS(=O)(=O)O)C(OS(=O)(=O)O)C1OC1OC(C(=O)O)C(OC2OC(COS(=O)(=O)O)C(OS(=O)(=O)O)C(OC3OC(C(=O)O)C(O)C(O)C3O)C2NC(C)=O)C(O)C1O. The van der Waals surface area contributed by atoms with Crippen molar-refractivity contribution in [3.8, 4) is 0 Å². The molecule has 0 bridgehead atoms. The summed E-state index contributed by atoms with van der Waals surface area (Å²) in [5.41, 5.74) is 0. The summed E-state index contributed by atoms with van der Waals surface area (Å²) in [6.07, 6.45) is -46.0. The molecule has 4 heterocycles. The Hall–Kier alpha value is -3.16. The zero-order valence-corrected chi connectivity index (χ0v) is 37.6. The van der Waals surface area contributed by atoms with Crippen LogP contribution in [-0.2, 0) is 111 Å². The smallest absolute Gasteiger partial charge is 0.397 e. The van der Waals surface area contributed by atoms with Crippen LogP contribution in [0.25, 0.3) is 0 Å². The Bertz CT molecular complexity index is 2300. The molecule has 41 heteroatoms. The molecule has 20 unspecified atom stereocenters. The third-order valence-electron chi connectivity index (χ3n) is 9.75. The van der Waals surface area contributed by atoms with E-state index < -0.39 is 201 Å². The molecule has 69 heavy (non-hydrogen) atoms. The highest BCUT2D eigenvalue weighted by Crippen LogP contribution is 2.37. The number of aliphatic carboxylic acids is 2. The lowest BCUT2D eigenvalue weighted by molar-refractivity contribution is -0.366. The largest absolute Gasteiger partial charge is 0.479 e. The average Bonchev–Trinajstić information content (AvgIpc) is 3.18. The highest BCUT2D eigenvalue weighted by atomic mass is 32.3. The molecule has 0 aromatic rings. The van der Waals surface area contributed by atoms with Gasteiger partial charge < -0.3 is 84.6 Å². The summed E-state index contributed by atoms with van der Waals surface area (Å²) >= 11 is 0. The minimum Gasteiger partial charge on any atom is -0.479 e. The zero-order valence-electron chi connectivity index (χ0n) is 34.4. The molecule has 400 valence electrons. The van der Waals surface area contributed by atoms with Gasteiger partial charge in [0.15, 0.2) is 37.4 Å². The second kappa shape index (κ2) is 22.7. The van der Waals surface area contributed by atoms with Crippen LogP contribution in [-0.4, -0.2) is 252 Å². The van der Waals surface area contributed by atoms with Crippen LogP contribution in [0.15, 0.2) is 0 Å². The number of carbonyl (C=O) groups is 4. The van der Waals surface area contributed by atoms with Gasteiger partial charge in [-0.15, -0.1) is 0 Å². The van der Waals surface area contributed by atoms with Crippen LogP contribution in [0.3, 0.4) is 0 Å². The van der Waals surface area contributed by atoms with Gasteiger partial charge in [-0.2, -0.15) is 33.7 Å². The van der Waals surface area contributed by atoms with E-state index in [1.165, 1.54) is 0 Å². The fourth-order valence-electron chi connectivity index (χ4n) is 7.06. The van der Waals surface area contributed by atoms with Crippen LogP contribution in [0.4, 0.5) is 0 Å². The number of aliphatic hydroxyl groups excluding tert-OH is 6. The Balaban J connectivity index is 1.81. The van der Waals surface area contributed by atoms with Crippen molar-refractivity contribution >= 4 is 65.3 Å². The van der Waals surface area contributed by atoms with E-state index in [1.54, 1.807) is 0 Å². The van der Waals surface area contributed by atoms with Crippen LogP contribution in [0, 0.1) is 0 Å². The lowest BCUT2D eigenvalue weighted by Crippen LogP contribution is -2.71. The van der Waals surface area contributed by atoms with Gasteiger partial charge in [0.2, 0.25) is 11.8 Å². The molecule has 0 aromatic carbocycles. The minimum absolute atomic E-state index is 0.719. The van der Waals surface area contributed by atoms with Gasteiger partial charge in [-0.05, 0) is 0 Å². The first kappa shape index (κ1) is 58.4. The van der Waals surface area contributed by atoms with Crippen LogP contribution in [0.1, 0.15) is 13.8 Å². The lowest BCUT2D eigenvalue weighted by Gasteiger charge is -2.50. The summed E-state index contributed by atoms with van der Waals surface area (Å²) in [5, 5.41) is 88.6. The third kappa shape index (κ3) is 15.9. The Kier molecular flexibility index (Phi) is 19.2. The van der Waals surface area contributed by atoms with Crippen molar-refractivity contribution in [2.24, 2.45) is 0 Å². The molecule has 0 saturated carbocycles. The molecule has 37 nitrogen and oxygen atoms in total. The lowest BCUT2D eigenvalue weighted by atomic mass is 9.94. The minimum atomic E-state index is -5.83. The first-order valence-corrected chi connectivity index (χ1v) is 24.2. The van der Waals surface area contributed by atoms with Crippen molar-refractivity contribution < 1.29 is 162 Å². The van der Waals surface area contributed by atoms with Gasteiger partial charge in [0, 0.05) is 13.8 Å². The zero-order chi connectivity index (χ0) is 52.5. The van der Waals surface area contributed by atoms with Gasteiger partial charge in [-0.25, -0.2) is 26.3 Å². The van der Waals surface area contributed by atoms with E-state index in [1.807, 2.05) is 10.6 Å². The summed E-state index contributed by atoms with van der Waals surface area (Å²) in [4.78, 5) is 49.4. The third-order valence-corrected chi connectivity index (χ3v) is 11.6. The maximum Gasteiger partial charge on any atom is 0.397 e. The summed E-state index contributed by atoms with van der Waals surface area (Å²) < 4.78 is 187. The fourth-order valence-corrected chi connectivity index (χ4v) is 8.70. The van der Waals surface area contributed by atoms with E-state index in [9.17, 15) is 107 Å². The molecule has 0 radical (unpaired) electrons. The van der Waals surface area contributed by atoms with Crippen molar-refractivity contribution in [1.82, 2.24) is 10.6 Å².